The van der Waals surface area contributed by atoms with Crippen molar-refractivity contribution < 1.29 is 4.92 Å². The van der Waals surface area contributed by atoms with Gasteiger partial charge in [-0.15, -0.1) is 10.2 Å². The lowest BCUT2D eigenvalue weighted by Crippen LogP contribution is -2.35. The first-order chi connectivity index (χ1) is 14.0. The molecule has 4 rings (SSSR count). The zero-order chi connectivity index (χ0) is 20.5. The molecule has 0 saturated carbocycles. The second-order valence-corrected chi connectivity index (χ2v) is 7.45. The molecule has 0 atom stereocenters. The second-order valence-electron chi connectivity index (χ2n) is 7.01. The van der Waals surface area contributed by atoms with Crippen LogP contribution < -0.4 is 10.6 Å². The number of pyridine rings is 1. The van der Waals surface area contributed by atoms with E-state index in [2.05, 4.69) is 20.1 Å². The molecular weight excluding hydrogens is 394 g/mol. The van der Waals surface area contributed by atoms with E-state index in [-0.39, 0.29) is 17.4 Å². The molecule has 2 aromatic heterocycles. The van der Waals surface area contributed by atoms with Gasteiger partial charge in [0, 0.05) is 29.9 Å². The van der Waals surface area contributed by atoms with Crippen molar-refractivity contribution in [2.75, 3.05) is 23.7 Å². The molecule has 0 aliphatic carbocycles. The van der Waals surface area contributed by atoms with Crippen molar-refractivity contribution in [1.29, 1.82) is 0 Å². The molecule has 0 bridgehead atoms. The number of nitrogens with zero attached hydrogens (tertiary/aromatic N) is 6. The number of nitrogens with two attached hydrogens (primary N) is 1. The van der Waals surface area contributed by atoms with E-state index in [1.165, 1.54) is 6.20 Å². The highest BCUT2D eigenvalue weighted by Crippen LogP contribution is 2.37. The molecule has 10 heteroatoms. The molecule has 29 heavy (non-hydrogen) atoms. The molecule has 0 radical (unpaired) electrons. The quantitative estimate of drug-likeness (QED) is 0.513. The maximum Gasteiger partial charge on any atom is 0.314 e. The van der Waals surface area contributed by atoms with Gasteiger partial charge in [-0.25, -0.2) is 4.98 Å². The van der Waals surface area contributed by atoms with E-state index in [0.29, 0.717) is 23.7 Å². The van der Waals surface area contributed by atoms with Crippen LogP contribution in [-0.4, -0.2) is 37.8 Å². The van der Waals surface area contributed by atoms with Gasteiger partial charge in [-0.1, -0.05) is 11.6 Å². The third kappa shape index (κ3) is 3.61. The number of aromatic nitrogens is 4. The number of piperidine rings is 1. The summed E-state index contributed by atoms with van der Waals surface area (Å²) in [4.78, 5) is 17.0. The maximum atomic E-state index is 11.4. The van der Waals surface area contributed by atoms with Crippen LogP contribution in [0.4, 0.5) is 17.5 Å². The number of hydrogen-bond acceptors (Lipinski definition) is 7. The van der Waals surface area contributed by atoms with E-state index in [9.17, 15) is 10.1 Å². The summed E-state index contributed by atoms with van der Waals surface area (Å²) in [6, 6.07) is 9.23. The first kappa shape index (κ1) is 19.1. The fraction of sp³-hybridized carbons (Fsp3) is 0.316. The summed E-state index contributed by atoms with van der Waals surface area (Å²) >= 11 is 6.01. The van der Waals surface area contributed by atoms with Crippen molar-refractivity contribution in [1.82, 2.24) is 19.7 Å². The molecule has 0 unspecified atom stereocenters. The Bertz CT molecular complexity index is 1040. The molecule has 2 N–H and O–H groups in total. The molecule has 1 aromatic carbocycles. The van der Waals surface area contributed by atoms with Gasteiger partial charge in [-0.3, -0.25) is 14.7 Å². The van der Waals surface area contributed by atoms with E-state index in [1.807, 2.05) is 35.8 Å². The number of hydrogen-bond donors (Lipinski definition) is 1. The van der Waals surface area contributed by atoms with E-state index >= 15 is 0 Å². The fourth-order valence-electron chi connectivity index (χ4n) is 3.85. The number of nitrogen functional groups attached to an aromatic ring is 1. The van der Waals surface area contributed by atoms with Crippen LogP contribution in [0.1, 0.15) is 30.1 Å². The first-order valence-electron chi connectivity index (χ1n) is 9.27. The van der Waals surface area contributed by atoms with Crippen molar-refractivity contribution in [3.05, 3.63) is 63.1 Å². The Balaban J connectivity index is 1.57. The number of aryl methyl sites for hydroxylation is 1. The lowest BCUT2D eigenvalue weighted by atomic mass is 9.89. The second kappa shape index (κ2) is 7.67. The zero-order valence-corrected chi connectivity index (χ0v) is 16.6. The fourth-order valence-corrected chi connectivity index (χ4v) is 3.98. The van der Waals surface area contributed by atoms with Crippen molar-refractivity contribution in [3.63, 3.8) is 0 Å². The monoisotopic (exact) mass is 413 g/mol. The predicted octanol–water partition coefficient (Wildman–Crippen LogP) is 3.50. The minimum atomic E-state index is -0.440. The van der Waals surface area contributed by atoms with E-state index < -0.39 is 4.92 Å². The number of halogens is 1. The molecule has 1 fully saturated rings. The Morgan fingerprint density at radius 3 is 2.52 bits per heavy atom. The standard InChI is InChI=1S/C19H20ClN7O2/c1-12-23-24-19(26(12)15-4-2-14(20)3-5-15)25-10-7-13(8-11-25)16-6-9-22-18(21)17(16)27(28)29/h2-6,9,13H,7-8,10-11H2,1H3,(H2,21,22). The highest BCUT2D eigenvalue weighted by molar-refractivity contribution is 6.30. The Labute approximate surface area is 172 Å². The van der Waals surface area contributed by atoms with Gasteiger partial charge in [0.05, 0.1) is 10.6 Å². The van der Waals surface area contributed by atoms with Gasteiger partial charge >= 0.3 is 5.69 Å². The molecule has 1 aliphatic rings. The van der Waals surface area contributed by atoms with Crippen LogP contribution in [-0.2, 0) is 0 Å². The Morgan fingerprint density at radius 2 is 1.86 bits per heavy atom. The number of nitro groups is 1. The van der Waals surface area contributed by atoms with Gasteiger partial charge in [-0.2, -0.15) is 0 Å². The Hall–Kier alpha value is -3.20. The van der Waals surface area contributed by atoms with Gasteiger partial charge in [0.2, 0.25) is 11.8 Å². The maximum absolute atomic E-state index is 11.4. The van der Waals surface area contributed by atoms with E-state index in [4.69, 9.17) is 17.3 Å². The summed E-state index contributed by atoms with van der Waals surface area (Å²) in [5.74, 6) is 1.55. The zero-order valence-electron chi connectivity index (χ0n) is 15.8. The third-order valence-corrected chi connectivity index (χ3v) is 5.53. The van der Waals surface area contributed by atoms with Crippen molar-refractivity contribution in [2.24, 2.45) is 0 Å². The Morgan fingerprint density at radius 1 is 1.17 bits per heavy atom. The third-order valence-electron chi connectivity index (χ3n) is 5.28. The summed E-state index contributed by atoms with van der Waals surface area (Å²) in [5.41, 5.74) is 7.26. The topological polar surface area (TPSA) is 116 Å². The number of rotatable bonds is 4. The minimum Gasteiger partial charge on any atom is -0.378 e. The lowest BCUT2D eigenvalue weighted by Gasteiger charge is -2.32. The van der Waals surface area contributed by atoms with E-state index in [1.54, 1.807) is 6.07 Å². The van der Waals surface area contributed by atoms with Gasteiger partial charge in [0.15, 0.2) is 0 Å². The average molecular weight is 414 g/mol. The minimum absolute atomic E-state index is 0.0342. The SMILES string of the molecule is Cc1nnc(N2CCC(c3ccnc(N)c3[N+](=O)[O-])CC2)n1-c1ccc(Cl)cc1. The normalized spacial score (nSPS) is 14.9. The lowest BCUT2D eigenvalue weighted by molar-refractivity contribution is -0.385. The van der Waals surface area contributed by atoms with Crippen LogP contribution in [0, 0.1) is 17.0 Å². The molecule has 150 valence electrons. The smallest absolute Gasteiger partial charge is 0.314 e. The molecule has 3 heterocycles. The summed E-state index contributed by atoms with van der Waals surface area (Å²) in [6.45, 7) is 3.31. The number of anilines is 2. The first-order valence-corrected chi connectivity index (χ1v) is 9.65. The summed E-state index contributed by atoms with van der Waals surface area (Å²) < 4.78 is 1.99. The molecule has 1 aliphatic heterocycles. The van der Waals surface area contributed by atoms with Gasteiger partial charge in [0.1, 0.15) is 5.82 Å². The van der Waals surface area contributed by atoms with Crippen LogP contribution >= 0.6 is 11.6 Å². The summed E-state index contributed by atoms with van der Waals surface area (Å²) in [6.07, 6.45) is 3.03. The van der Waals surface area contributed by atoms with Crippen molar-refractivity contribution >= 4 is 29.1 Å². The van der Waals surface area contributed by atoms with Crippen molar-refractivity contribution in [3.8, 4) is 5.69 Å². The summed E-state index contributed by atoms with van der Waals surface area (Å²) in [5, 5.41) is 20.7. The molecule has 3 aromatic rings. The highest BCUT2D eigenvalue weighted by Gasteiger charge is 2.30. The van der Waals surface area contributed by atoms with Gasteiger partial charge in [0.25, 0.3) is 0 Å². The van der Waals surface area contributed by atoms with Crippen molar-refractivity contribution in [2.45, 2.75) is 25.7 Å². The van der Waals surface area contributed by atoms with Crippen LogP contribution in [0.25, 0.3) is 5.69 Å². The van der Waals surface area contributed by atoms with Crippen LogP contribution in [0.15, 0.2) is 36.5 Å². The summed E-state index contributed by atoms with van der Waals surface area (Å²) in [7, 11) is 0. The molecule has 1 saturated heterocycles. The molecule has 0 spiro atoms. The van der Waals surface area contributed by atoms with Crippen LogP contribution in [0.3, 0.4) is 0 Å². The van der Waals surface area contributed by atoms with E-state index in [0.717, 1.165) is 30.3 Å². The average Bonchev–Trinajstić information content (AvgIpc) is 3.09. The predicted molar refractivity (Wildman–Crippen MR) is 111 cm³/mol. The van der Waals surface area contributed by atoms with Gasteiger partial charge < -0.3 is 10.6 Å². The van der Waals surface area contributed by atoms with Crippen LogP contribution in [0.2, 0.25) is 5.02 Å². The Kier molecular flexibility index (Phi) is 5.06. The number of benzene rings is 1. The van der Waals surface area contributed by atoms with Crippen LogP contribution in [0.5, 0.6) is 0 Å². The highest BCUT2D eigenvalue weighted by atomic mass is 35.5. The molecular formula is C19H20ClN7O2. The largest absolute Gasteiger partial charge is 0.378 e. The van der Waals surface area contributed by atoms with Gasteiger partial charge in [-0.05, 0) is 56.0 Å². The molecule has 0 amide bonds. The molecule has 9 nitrogen and oxygen atoms in total.